The van der Waals surface area contributed by atoms with E-state index in [0.29, 0.717) is 17.8 Å². The van der Waals surface area contributed by atoms with Crippen LogP contribution < -0.4 is 4.74 Å². The third-order valence-corrected chi connectivity index (χ3v) is 7.23. The van der Waals surface area contributed by atoms with Crippen LogP contribution in [0.25, 0.3) is 0 Å². The van der Waals surface area contributed by atoms with Crippen LogP contribution in [0.15, 0.2) is 47.5 Å². The average Bonchev–Trinajstić information content (AvgIpc) is 2.74. The van der Waals surface area contributed by atoms with Gasteiger partial charge in [0.25, 0.3) is 0 Å². The number of aliphatic hydroxyl groups is 1. The lowest BCUT2D eigenvalue weighted by Gasteiger charge is -2.37. The molecule has 31 heavy (non-hydrogen) atoms. The van der Waals surface area contributed by atoms with Gasteiger partial charge in [-0.15, -0.1) is 0 Å². The molecule has 2 heterocycles. The Bertz CT molecular complexity index is 1060. The number of ether oxygens (including phenoxy) is 1. The second-order valence-corrected chi connectivity index (χ2v) is 9.99. The lowest BCUT2D eigenvalue weighted by molar-refractivity contribution is 0.0812. The van der Waals surface area contributed by atoms with E-state index < -0.39 is 16.1 Å². The zero-order chi connectivity index (χ0) is 22.6. The number of nitrogens with zero attached hydrogens (tertiary/aromatic N) is 3. The van der Waals surface area contributed by atoms with Crippen LogP contribution in [0, 0.1) is 17.8 Å². The largest absolute Gasteiger partial charge is 0.487 e. The van der Waals surface area contributed by atoms with Crippen molar-refractivity contribution in [1.29, 1.82) is 0 Å². The zero-order valence-corrected chi connectivity index (χ0v) is 19.1. The minimum absolute atomic E-state index is 0.0809. The minimum Gasteiger partial charge on any atom is -0.487 e. The normalized spacial score (nSPS) is 21.7. The molecule has 1 aliphatic heterocycles. The first-order valence-corrected chi connectivity index (χ1v) is 11.7. The van der Waals surface area contributed by atoms with Crippen molar-refractivity contribution in [3.8, 4) is 17.6 Å². The summed E-state index contributed by atoms with van der Waals surface area (Å²) in [6, 6.07) is 9.83. The highest BCUT2D eigenvalue weighted by molar-refractivity contribution is 7.89. The smallest absolute Gasteiger partial charge is 0.247 e. The summed E-state index contributed by atoms with van der Waals surface area (Å²) in [6.07, 6.45) is 1.45. The Kier molecular flexibility index (Phi) is 7.34. The predicted octanol–water partition coefficient (Wildman–Crippen LogP) is 1.81. The lowest BCUT2D eigenvalue weighted by Crippen LogP contribution is -2.49. The van der Waals surface area contributed by atoms with Gasteiger partial charge < -0.3 is 14.7 Å². The van der Waals surface area contributed by atoms with Crippen LogP contribution >= 0.6 is 0 Å². The van der Waals surface area contributed by atoms with Gasteiger partial charge in [0.05, 0.1) is 6.61 Å². The number of likely N-dealkylation sites (N-methyl/N-ethyl adjacent to an activating group) is 1. The van der Waals surface area contributed by atoms with Crippen LogP contribution in [0.1, 0.15) is 25.1 Å². The van der Waals surface area contributed by atoms with Crippen molar-refractivity contribution < 1.29 is 18.3 Å². The Morgan fingerprint density at radius 2 is 2.06 bits per heavy atom. The third kappa shape index (κ3) is 5.43. The minimum atomic E-state index is -3.85. The van der Waals surface area contributed by atoms with Gasteiger partial charge in [0.2, 0.25) is 10.0 Å². The Labute approximate surface area is 184 Å². The van der Waals surface area contributed by atoms with Crippen molar-refractivity contribution in [3.63, 3.8) is 0 Å². The fourth-order valence-corrected chi connectivity index (χ4v) is 5.28. The number of hydrogen-bond donors (Lipinski definition) is 1. The number of aliphatic hydroxyl groups excluding tert-OH is 1. The number of rotatable bonds is 4. The zero-order valence-electron chi connectivity index (χ0n) is 18.3. The molecule has 0 bridgehead atoms. The molecule has 0 aliphatic carbocycles. The first-order valence-electron chi connectivity index (χ1n) is 10.2. The summed E-state index contributed by atoms with van der Waals surface area (Å²) in [5.74, 6) is 6.22. The van der Waals surface area contributed by atoms with Crippen LogP contribution in [-0.4, -0.2) is 73.7 Å². The highest BCUT2D eigenvalue weighted by Gasteiger charge is 2.37. The molecule has 8 heteroatoms. The van der Waals surface area contributed by atoms with Crippen molar-refractivity contribution in [1.82, 2.24) is 14.2 Å². The van der Waals surface area contributed by atoms with E-state index in [-0.39, 0.29) is 35.8 Å². The molecule has 1 N–H and O–H groups in total. The summed E-state index contributed by atoms with van der Waals surface area (Å²) < 4.78 is 34.5. The van der Waals surface area contributed by atoms with Gasteiger partial charge in [-0.05, 0) is 57.3 Å². The van der Waals surface area contributed by atoms with E-state index in [1.807, 2.05) is 44.1 Å². The average molecular weight is 444 g/mol. The van der Waals surface area contributed by atoms with Crippen LogP contribution in [0.3, 0.4) is 0 Å². The quantitative estimate of drug-likeness (QED) is 0.726. The van der Waals surface area contributed by atoms with Crippen molar-refractivity contribution in [2.24, 2.45) is 5.92 Å². The number of sulfonamides is 1. The molecule has 3 atom stereocenters. The fraction of sp³-hybridized carbons (Fsp3) is 0.435. The Balaban J connectivity index is 2.08. The van der Waals surface area contributed by atoms with E-state index in [9.17, 15) is 13.5 Å². The lowest BCUT2D eigenvalue weighted by atomic mass is 10.0. The van der Waals surface area contributed by atoms with E-state index >= 15 is 0 Å². The molecule has 0 fully saturated rings. The van der Waals surface area contributed by atoms with Gasteiger partial charge in [-0.3, -0.25) is 0 Å². The van der Waals surface area contributed by atoms with Gasteiger partial charge in [-0.1, -0.05) is 18.9 Å². The van der Waals surface area contributed by atoms with E-state index in [4.69, 9.17) is 4.74 Å². The molecule has 0 unspecified atom stereocenters. The molecule has 3 rings (SSSR count). The summed E-state index contributed by atoms with van der Waals surface area (Å²) in [5, 5.41) is 9.68. The molecule has 166 valence electrons. The molecule has 0 saturated carbocycles. The molecule has 1 aliphatic rings. The second-order valence-electron chi connectivity index (χ2n) is 8.13. The molecule has 1 aromatic carbocycles. The summed E-state index contributed by atoms with van der Waals surface area (Å²) in [4.78, 5) is 6.29. The molecular formula is C23H29N3O4S. The summed E-state index contributed by atoms with van der Waals surface area (Å²) >= 11 is 0. The Hall–Kier alpha value is -2.44. The maximum absolute atomic E-state index is 13.4. The molecule has 2 aromatic rings. The maximum atomic E-state index is 13.4. The van der Waals surface area contributed by atoms with E-state index in [1.165, 1.54) is 10.4 Å². The number of pyridine rings is 1. The van der Waals surface area contributed by atoms with Gasteiger partial charge in [0.1, 0.15) is 22.4 Å². The van der Waals surface area contributed by atoms with Crippen molar-refractivity contribution >= 4 is 10.0 Å². The number of hydrogen-bond acceptors (Lipinski definition) is 6. The summed E-state index contributed by atoms with van der Waals surface area (Å²) in [6.45, 7) is 4.32. The topological polar surface area (TPSA) is 83.0 Å². The maximum Gasteiger partial charge on any atom is 0.247 e. The number of aromatic nitrogens is 1. The van der Waals surface area contributed by atoms with Gasteiger partial charge in [0.15, 0.2) is 0 Å². The Morgan fingerprint density at radius 3 is 2.71 bits per heavy atom. The van der Waals surface area contributed by atoms with E-state index in [1.54, 1.807) is 25.3 Å². The van der Waals surface area contributed by atoms with Crippen LogP contribution in [0.2, 0.25) is 0 Å². The molecule has 1 aromatic heterocycles. The highest BCUT2D eigenvalue weighted by Crippen LogP contribution is 2.34. The predicted molar refractivity (Wildman–Crippen MR) is 119 cm³/mol. The van der Waals surface area contributed by atoms with Gasteiger partial charge in [-0.25, -0.2) is 13.4 Å². The number of benzene rings is 1. The third-order valence-electron chi connectivity index (χ3n) is 5.21. The monoisotopic (exact) mass is 443 g/mol. The van der Waals surface area contributed by atoms with Gasteiger partial charge in [0, 0.05) is 36.8 Å². The first-order chi connectivity index (χ1) is 14.7. The Morgan fingerprint density at radius 1 is 1.29 bits per heavy atom. The summed E-state index contributed by atoms with van der Waals surface area (Å²) in [7, 11) is 0.0590. The van der Waals surface area contributed by atoms with Crippen LogP contribution in [0.4, 0.5) is 0 Å². The van der Waals surface area contributed by atoms with Crippen molar-refractivity contribution in [3.05, 3.63) is 53.9 Å². The van der Waals surface area contributed by atoms with Crippen molar-refractivity contribution in [2.75, 3.05) is 33.8 Å². The SMILES string of the molecule is C[C@@H]1CN([C@H](C)CO)S(=O)(=O)c2ccc(C#Cc3ccccn3)cc2O[C@H]1CN(C)C. The standard InChI is InChI=1S/C23H29N3O4S/c1-17-14-26(18(2)16-27)31(28,29)23-11-9-19(8-10-20-7-5-6-12-24-20)13-21(23)30-22(17)15-25(3)4/h5-7,9,11-13,17-18,22,27H,14-16H2,1-4H3/t17-,18-,22+/m1/s1. The molecular weight excluding hydrogens is 414 g/mol. The summed E-state index contributed by atoms with van der Waals surface area (Å²) in [5.41, 5.74) is 1.27. The van der Waals surface area contributed by atoms with Gasteiger partial charge in [-0.2, -0.15) is 4.31 Å². The fourth-order valence-electron chi connectivity index (χ4n) is 3.45. The van der Waals surface area contributed by atoms with E-state index in [2.05, 4.69) is 16.8 Å². The highest BCUT2D eigenvalue weighted by atomic mass is 32.2. The molecule has 0 amide bonds. The van der Waals surface area contributed by atoms with Crippen LogP contribution in [-0.2, 0) is 10.0 Å². The van der Waals surface area contributed by atoms with Gasteiger partial charge >= 0.3 is 0 Å². The van der Waals surface area contributed by atoms with E-state index in [0.717, 1.165) is 0 Å². The molecule has 0 spiro atoms. The molecule has 0 saturated heterocycles. The molecule has 7 nitrogen and oxygen atoms in total. The van der Waals surface area contributed by atoms with Crippen molar-refractivity contribution in [2.45, 2.75) is 30.9 Å². The second kappa shape index (κ2) is 9.79. The molecule has 0 radical (unpaired) electrons. The van der Waals surface area contributed by atoms with Crippen LogP contribution in [0.5, 0.6) is 5.75 Å². The first kappa shape index (κ1) is 23.2. The number of fused-ring (bicyclic) bond motifs is 1.